The maximum atomic E-state index is 12.1. The molecule has 20 heavy (non-hydrogen) atoms. The number of ether oxygens (including phenoxy) is 1. The zero-order valence-electron chi connectivity index (χ0n) is 11.6. The van der Waals surface area contributed by atoms with E-state index in [9.17, 15) is 9.59 Å². The van der Waals surface area contributed by atoms with Crippen LogP contribution in [0.2, 0.25) is 5.02 Å². The highest BCUT2D eigenvalue weighted by Gasteiger charge is 2.44. The first-order valence-corrected chi connectivity index (χ1v) is 7.01. The Labute approximate surface area is 123 Å². The highest BCUT2D eigenvalue weighted by atomic mass is 35.5. The summed E-state index contributed by atoms with van der Waals surface area (Å²) in [7, 11) is 1.34. The van der Waals surface area contributed by atoms with Crippen molar-refractivity contribution in [3.05, 3.63) is 34.9 Å². The number of hydrogen-bond donors (Lipinski definition) is 1. The number of methoxy groups -OCH3 is 1. The minimum absolute atomic E-state index is 0.00798. The second kappa shape index (κ2) is 6.27. The molecule has 1 amide bonds. The molecule has 3 atom stereocenters. The largest absolute Gasteiger partial charge is 0.469 e. The number of hydrogen-bond acceptors (Lipinski definition) is 3. The Kier molecular flexibility index (Phi) is 4.65. The minimum atomic E-state index is -0.319. The van der Waals surface area contributed by atoms with Gasteiger partial charge in [-0.2, -0.15) is 0 Å². The number of halogens is 1. The Bertz CT molecular complexity index is 518. The molecule has 1 aromatic rings. The van der Waals surface area contributed by atoms with Gasteiger partial charge < -0.3 is 10.1 Å². The highest BCUT2D eigenvalue weighted by molar-refractivity contribution is 6.30. The van der Waals surface area contributed by atoms with Crippen LogP contribution in [0.1, 0.15) is 31.2 Å². The molecule has 0 aliphatic heterocycles. The average Bonchev–Trinajstić information content (AvgIpc) is 3.18. The summed E-state index contributed by atoms with van der Waals surface area (Å²) < 4.78 is 4.58. The quantitative estimate of drug-likeness (QED) is 0.849. The van der Waals surface area contributed by atoms with Crippen LogP contribution in [0.5, 0.6) is 0 Å². The van der Waals surface area contributed by atoms with Gasteiger partial charge in [0.15, 0.2) is 0 Å². The van der Waals surface area contributed by atoms with E-state index >= 15 is 0 Å². The van der Waals surface area contributed by atoms with Crippen molar-refractivity contribution < 1.29 is 14.3 Å². The van der Waals surface area contributed by atoms with Crippen molar-refractivity contribution >= 4 is 23.5 Å². The van der Waals surface area contributed by atoms with Crippen LogP contribution in [0.3, 0.4) is 0 Å². The molecule has 0 spiro atoms. The maximum absolute atomic E-state index is 12.1. The van der Waals surface area contributed by atoms with Gasteiger partial charge in [0, 0.05) is 17.0 Å². The summed E-state index contributed by atoms with van der Waals surface area (Å²) in [6.07, 6.45) is 1.02. The summed E-state index contributed by atoms with van der Waals surface area (Å²) in [5, 5.41) is 3.54. The van der Waals surface area contributed by atoms with E-state index in [2.05, 4.69) is 10.1 Å². The minimum Gasteiger partial charge on any atom is -0.469 e. The third-order valence-electron chi connectivity index (χ3n) is 3.49. The van der Waals surface area contributed by atoms with Crippen LogP contribution in [0.25, 0.3) is 0 Å². The molecule has 0 aromatic heterocycles. The molecule has 1 aliphatic rings. The summed E-state index contributed by atoms with van der Waals surface area (Å²) >= 11 is 5.95. The molecule has 0 heterocycles. The topological polar surface area (TPSA) is 55.4 Å². The van der Waals surface area contributed by atoms with Crippen molar-refractivity contribution in [1.82, 2.24) is 5.32 Å². The van der Waals surface area contributed by atoms with Crippen LogP contribution >= 0.6 is 11.6 Å². The third kappa shape index (κ3) is 3.73. The molecule has 2 rings (SSSR count). The summed E-state index contributed by atoms with van der Waals surface area (Å²) in [6, 6.07) is 7.39. The van der Waals surface area contributed by atoms with Crippen molar-refractivity contribution in [2.45, 2.75) is 31.7 Å². The van der Waals surface area contributed by atoms with Gasteiger partial charge in [-0.1, -0.05) is 23.7 Å². The molecule has 0 unspecified atom stereocenters. The van der Waals surface area contributed by atoms with Crippen LogP contribution in [0.15, 0.2) is 24.3 Å². The lowest BCUT2D eigenvalue weighted by Crippen LogP contribution is -2.35. The SMILES string of the molecule is COC(=O)C[C@H](C)NC(=O)[C@H]1C[C@H]1c1cccc(Cl)c1. The second-order valence-electron chi connectivity index (χ2n) is 5.19. The summed E-state index contributed by atoms with van der Waals surface area (Å²) in [6.45, 7) is 1.80. The number of nitrogens with one attached hydrogen (secondary N) is 1. The molecule has 1 saturated carbocycles. The van der Waals surface area contributed by atoms with Gasteiger partial charge in [0.25, 0.3) is 0 Å². The van der Waals surface area contributed by atoms with E-state index in [0.717, 1.165) is 12.0 Å². The summed E-state index contributed by atoms with van der Waals surface area (Å²) in [5.41, 5.74) is 1.10. The molecule has 1 aromatic carbocycles. The van der Waals surface area contributed by atoms with Gasteiger partial charge in [-0.3, -0.25) is 9.59 Å². The molecule has 0 saturated heterocycles. The fourth-order valence-corrected chi connectivity index (χ4v) is 2.52. The molecular formula is C15H18ClNO3. The van der Waals surface area contributed by atoms with Crippen molar-refractivity contribution in [1.29, 1.82) is 0 Å². The molecule has 5 heteroatoms. The molecule has 0 bridgehead atoms. The standard InChI is InChI=1S/C15H18ClNO3/c1-9(6-14(18)20-2)17-15(19)13-8-12(13)10-4-3-5-11(16)7-10/h3-5,7,9,12-13H,6,8H2,1-2H3,(H,17,19)/t9-,12-,13-/m0/s1. The van der Waals surface area contributed by atoms with Crippen LogP contribution < -0.4 is 5.32 Å². The molecule has 0 radical (unpaired) electrons. The van der Waals surface area contributed by atoms with Gasteiger partial charge in [0.1, 0.15) is 0 Å². The summed E-state index contributed by atoms with van der Waals surface area (Å²) in [5.74, 6) is -0.112. The smallest absolute Gasteiger partial charge is 0.307 e. The Morgan fingerprint density at radius 3 is 2.90 bits per heavy atom. The Morgan fingerprint density at radius 2 is 2.25 bits per heavy atom. The number of carbonyl (C=O) groups excluding carboxylic acids is 2. The van der Waals surface area contributed by atoms with Crippen LogP contribution in [0, 0.1) is 5.92 Å². The molecule has 4 nitrogen and oxygen atoms in total. The first kappa shape index (κ1) is 14.9. The molecule has 1 aliphatic carbocycles. The monoisotopic (exact) mass is 295 g/mol. The van der Waals surface area contributed by atoms with E-state index in [0.29, 0.717) is 5.02 Å². The van der Waals surface area contributed by atoms with Crippen LogP contribution in [-0.2, 0) is 14.3 Å². The van der Waals surface area contributed by atoms with Gasteiger partial charge in [-0.15, -0.1) is 0 Å². The first-order chi connectivity index (χ1) is 9.51. The fraction of sp³-hybridized carbons (Fsp3) is 0.467. The molecule has 1 fully saturated rings. The van der Waals surface area contributed by atoms with Crippen molar-refractivity contribution in [2.24, 2.45) is 5.92 Å². The van der Waals surface area contributed by atoms with Gasteiger partial charge in [0.05, 0.1) is 13.5 Å². The number of benzene rings is 1. The second-order valence-corrected chi connectivity index (χ2v) is 5.63. The number of carbonyl (C=O) groups is 2. The van der Waals surface area contributed by atoms with E-state index in [4.69, 9.17) is 11.6 Å². The zero-order valence-corrected chi connectivity index (χ0v) is 12.3. The number of rotatable bonds is 5. The normalized spacial score (nSPS) is 21.9. The maximum Gasteiger partial charge on any atom is 0.307 e. The van der Waals surface area contributed by atoms with E-state index in [1.165, 1.54) is 7.11 Å². The fourth-order valence-electron chi connectivity index (χ4n) is 2.32. The Hall–Kier alpha value is -1.55. The van der Waals surface area contributed by atoms with Gasteiger partial charge >= 0.3 is 5.97 Å². The van der Waals surface area contributed by atoms with Crippen molar-refractivity contribution in [3.8, 4) is 0 Å². The van der Waals surface area contributed by atoms with Gasteiger partial charge in [-0.25, -0.2) is 0 Å². The van der Waals surface area contributed by atoms with Crippen molar-refractivity contribution in [2.75, 3.05) is 7.11 Å². The van der Waals surface area contributed by atoms with Crippen LogP contribution in [-0.4, -0.2) is 25.0 Å². The Morgan fingerprint density at radius 1 is 1.50 bits per heavy atom. The van der Waals surface area contributed by atoms with E-state index in [1.54, 1.807) is 6.92 Å². The van der Waals surface area contributed by atoms with E-state index in [-0.39, 0.29) is 36.2 Å². The predicted molar refractivity (Wildman–Crippen MR) is 76.5 cm³/mol. The molecule has 108 valence electrons. The highest BCUT2D eigenvalue weighted by Crippen LogP contribution is 2.47. The lowest BCUT2D eigenvalue weighted by atomic mass is 10.1. The van der Waals surface area contributed by atoms with Gasteiger partial charge in [-0.05, 0) is 37.0 Å². The Balaban J connectivity index is 1.85. The number of amides is 1. The number of esters is 1. The third-order valence-corrected chi connectivity index (χ3v) is 3.73. The molecular weight excluding hydrogens is 278 g/mol. The average molecular weight is 296 g/mol. The lowest BCUT2D eigenvalue weighted by Gasteiger charge is -2.12. The van der Waals surface area contributed by atoms with Crippen molar-refractivity contribution in [3.63, 3.8) is 0 Å². The lowest BCUT2D eigenvalue weighted by molar-refractivity contribution is -0.141. The predicted octanol–water partition coefficient (Wildman–Crippen LogP) is 2.51. The zero-order chi connectivity index (χ0) is 14.7. The van der Waals surface area contributed by atoms with Gasteiger partial charge in [0.2, 0.25) is 5.91 Å². The molecule has 1 N–H and O–H groups in total. The summed E-state index contributed by atoms with van der Waals surface area (Å²) in [4.78, 5) is 23.2. The van der Waals surface area contributed by atoms with E-state index in [1.807, 2.05) is 24.3 Å². The van der Waals surface area contributed by atoms with E-state index < -0.39 is 0 Å². The first-order valence-electron chi connectivity index (χ1n) is 6.64. The van der Waals surface area contributed by atoms with Crippen LogP contribution in [0.4, 0.5) is 0 Å².